The van der Waals surface area contributed by atoms with Gasteiger partial charge in [0.25, 0.3) is 11.8 Å². The van der Waals surface area contributed by atoms with Crippen LogP contribution >= 0.6 is 23.5 Å². The first-order valence-corrected chi connectivity index (χ1v) is 14.7. The van der Waals surface area contributed by atoms with E-state index >= 15 is 0 Å². The first kappa shape index (κ1) is 26.8. The van der Waals surface area contributed by atoms with E-state index in [4.69, 9.17) is 4.74 Å². The molecule has 200 valence electrons. The lowest BCUT2D eigenvalue weighted by molar-refractivity contribution is -0.145. The van der Waals surface area contributed by atoms with Gasteiger partial charge >= 0.3 is 5.97 Å². The topological polar surface area (TPSA) is 122 Å². The third kappa shape index (κ3) is 4.42. The summed E-state index contributed by atoms with van der Waals surface area (Å²) in [4.78, 5) is 52.3. The summed E-state index contributed by atoms with van der Waals surface area (Å²) in [5, 5.41) is 17.7. The van der Waals surface area contributed by atoms with Gasteiger partial charge in [-0.05, 0) is 43.0 Å². The van der Waals surface area contributed by atoms with Gasteiger partial charge in [-0.25, -0.2) is 0 Å². The van der Waals surface area contributed by atoms with Crippen molar-refractivity contribution in [1.82, 2.24) is 10.6 Å². The Kier molecular flexibility index (Phi) is 7.57. The number of carbonyl (C=O) groups is 4. The molecule has 0 spiro atoms. The van der Waals surface area contributed by atoms with Crippen LogP contribution in [-0.2, 0) is 14.3 Å². The molecule has 2 saturated heterocycles. The fourth-order valence-corrected chi connectivity index (χ4v) is 9.72. The number of ketones is 1. The number of methoxy groups -OCH3 is 1. The van der Waals surface area contributed by atoms with E-state index in [1.807, 2.05) is 6.07 Å². The highest BCUT2D eigenvalue weighted by atomic mass is 32.2. The van der Waals surface area contributed by atoms with Crippen LogP contribution < -0.4 is 10.6 Å². The lowest BCUT2D eigenvalue weighted by Crippen LogP contribution is -2.80. The molecule has 6 atom stereocenters. The lowest BCUT2D eigenvalue weighted by Gasteiger charge is -2.52. The molecule has 0 unspecified atom stereocenters. The number of aliphatic hydroxyl groups is 1. The van der Waals surface area contributed by atoms with Crippen LogP contribution in [0.25, 0.3) is 0 Å². The van der Waals surface area contributed by atoms with Gasteiger partial charge in [-0.2, -0.15) is 11.8 Å². The van der Waals surface area contributed by atoms with E-state index in [0.29, 0.717) is 29.7 Å². The molecule has 1 saturated carbocycles. The van der Waals surface area contributed by atoms with Crippen molar-refractivity contribution in [2.75, 3.05) is 18.6 Å². The van der Waals surface area contributed by atoms with Gasteiger partial charge in [0, 0.05) is 34.3 Å². The van der Waals surface area contributed by atoms with Crippen LogP contribution in [0, 0.1) is 5.92 Å². The van der Waals surface area contributed by atoms with Gasteiger partial charge in [-0.1, -0.05) is 36.4 Å². The number of benzene rings is 2. The summed E-state index contributed by atoms with van der Waals surface area (Å²) in [6.07, 6.45) is 1.28. The fraction of sp³-hybridized carbons (Fsp3) is 0.429. The van der Waals surface area contributed by atoms with Gasteiger partial charge < -0.3 is 20.5 Å². The van der Waals surface area contributed by atoms with Crippen molar-refractivity contribution in [2.45, 2.75) is 46.9 Å². The molecule has 2 heterocycles. The van der Waals surface area contributed by atoms with Crippen molar-refractivity contribution in [3.8, 4) is 0 Å². The molecule has 2 aromatic rings. The third-order valence-electron chi connectivity index (χ3n) is 7.88. The van der Waals surface area contributed by atoms with E-state index in [2.05, 4.69) is 10.6 Å². The highest BCUT2D eigenvalue weighted by Gasteiger charge is 2.75. The predicted molar refractivity (Wildman–Crippen MR) is 146 cm³/mol. The molecular weight excluding hydrogens is 524 g/mol. The maximum atomic E-state index is 14.1. The summed E-state index contributed by atoms with van der Waals surface area (Å²) < 4.78 is 4.77. The standard InChI is InChI=1S/C28H30N2O6S2/c1-36-21(31)14-8-13-19-22-23(32)27(16-38-22,30-26(34)18-11-6-3-7-12-18)28(35)20(15-37-24(19)28)29-25(33)17-9-4-2-5-10-17/h2-7,9-12,19-20,22,24,35H,8,13-16H2,1H3,(H,29,33)(H,30,34)/t19-,20-,22+,24+,27+,28+/m0/s1. The minimum absolute atomic E-state index is 0.202. The molecule has 2 aliphatic heterocycles. The van der Waals surface area contributed by atoms with Crippen LogP contribution in [0.3, 0.4) is 0 Å². The molecule has 38 heavy (non-hydrogen) atoms. The molecule has 0 radical (unpaired) electrons. The summed E-state index contributed by atoms with van der Waals surface area (Å²) in [6.45, 7) is 0. The summed E-state index contributed by atoms with van der Waals surface area (Å²) in [5.41, 5.74) is -2.45. The summed E-state index contributed by atoms with van der Waals surface area (Å²) in [7, 11) is 1.34. The van der Waals surface area contributed by atoms with Gasteiger partial charge in [0.2, 0.25) is 0 Å². The monoisotopic (exact) mass is 554 g/mol. The van der Waals surface area contributed by atoms with Crippen molar-refractivity contribution in [3.05, 3.63) is 71.8 Å². The number of fused-ring (bicyclic) bond motifs is 4. The van der Waals surface area contributed by atoms with Gasteiger partial charge in [0.15, 0.2) is 5.78 Å². The van der Waals surface area contributed by atoms with Gasteiger partial charge in [-0.15, -0.1) is 11.8 Å². The fourth-order valence-electron chi connectivity index (χ4n) is 5.96. The van der Waals surface area contributed by atoms with Crippen LogP contribution in [0.1, 0.15) is 40.0 Å². The Morgan fingerprint density at radius 2 is 1.63 bits per heavy atom. The van der Waals surface area contributed by atoms with Crippen molar-refractivity contribution in [2.24, 2.45) is 5.92 Å². The van der Waals surface area contributed by atoms with E-state index in [9.17, 15) is 24.3 Å². The lowest BCUT2D eigenvalue weighted by atomic mass is 9.61. The molecule has 2 bridgehead atoms. The zero-order valence-corrected chi connectivity index (χ0v) is 22.6. The highest BCUT2D eigenvalue weighted by molar-refractivity contribution is 8.02. The number of ether oxygens (including phenoxy) is 1. The number of rotatable bonds is 8. The largest absolute Gasteiger partial charge is 0.469 e. The molecular formula is C28H30N2O6S2. The molecule has 3 N–H and O–H groups in total. The maximum Gasteiger partial charge on any atom is 0.305 e. The summed E-state index contributed by atoms with van der Waals surface area (Å²) in [6, 6.07) is 16.5. The van der Waals surface area contributed by atoms with Gasteiger partial charge in [-0.3, -0.25) is 19.2 Å². The average molecular weight is 555 g/mol. The molecule has 3 fully saturated rings. The van der Waals surface area contributed by atoms with Crippen molar-refractivity contribution in [1.29, 1.82) is 0 Å². The minimum Gasteiger partial charge on any atom is -0.469 e. The second-order valence-electron chi connectivity index (χ2n) is 9.92. The minimum atomic E-state index is -1.72. The molecule has 2 aromatic carbocycles. The average Bonchev–Trinajstić information content (AvgIpc) is 3.42. The Morgan fingerprint density at radius 3 is 2.26 bits per heavy atom. The molecule has 5 rings (SSSR count). The number of hydrogen-bond donors (Lipinski definition) is 3. The van der Waals surface area contributed by atoms with Crippen LogP contribution in [-0.4, -0.2) is 75.0 Å². The van der Waals surface area contributed by atoms with Crippen LogP contribution in [0.2, 0.25) is 0 Å². The third-order valence-corrected chi connectivity index (χ3v) is 11.0. The first-order valence-electron chi connectivity index (χ1n) is 12.6. The van der Waals surface area contributed by atoms with E-state index in [1.54, 1.807) is 54.6 Å². The zero-order valence-electron chi connectivity index (χ0n) is 20.9. The van der Waals surface area contributed by atoms with E-state index in [-0.39, 0.29) is 35.8 Å². The molecule has 8 nitrogen and oxygen atoms in total. The number of Topliss-reactive ketones (excluding diaryl/α,β-unsaturated/α-hetero) is 1. The second-order valence-corrected chi connectivity index (χ2v) is 12.2. The molecule has 1 aliphatic carbocycles. The number of amides is 2. The molecule has 0 aromatic heterocycles. The number of carbonyl (C=O) groups excluding carboxylic acids is 4. The van der Waals surface area contributed by atoms with E-state index in [1.165, 1.54) is 30.6 Å². The highest BCUT2D eigenvalue weighted by Crippen LogP contribution is 2.59. The van der Waals surface area contributed by atoms with Gasteiger partial charge in [0.05, 0.1) is 18.4 Å². The van der Waals surface area contributed by atoms with Gasteiger partial charge in [0.1, 0.15) is 11.1 Å². The Labute approximate surface area is 229 Å². The number of thioether (sulfide) groups is 2. The van der Waals surface area contributed by atoms with Crippen LogP contribution in [0.5, 0.6) is 0 Å². The van der Waals surface area contributed by atoms with E-state index in [0.717, 1.165) is 0 Å². The summed E-state index contributed by atoms with van der Waals surface area (Å²) in [5.74, 6) is -0.976. The second kappa shape index (κ2) is 10.7. The Morgan fingerprint density at radius 1 is 1.00 bits per heavy atom. The maximum absolute atomic E-state index is 14.1. The Hall–Kier alpha value is -2.82. The van der Waals surface area contributed by atoms with Crippen molar-refractivity contribution < 1.29 is 29.0 Å². The number of hydrogen-bond acceptors (Lipinski definition) is 8. The molecule has 3 aliphatic rings. The quantitative estimate of drug-likeness (QED) is 0.426. The normalized spacial score (nSPS) is 31.4. The predicted octanol–water partition coefficient (Wildman–Crippen LogP) is 2.46. The first-order chi connectivity index (χ1) is 18.3. The molecule has 2 amide bonds. The Bertz CT molecular complexity index is 1230. The number of nitrogens with one attached hydrogen (secondary N) is 2. The smallest absolute Gasteiger partial charge is 0.305 e. The summed E-state index contributed by atoms with van der Waals surface area (Å²) >= 11 is 2.95. The Balaban J connectivity index is 1.49. The van der Waals surface area contributed by atoms with Crippen molar-refractivity contribution in [3.63, 3.8) is 0 Å². The van der Waals surface area contributed by atoms with E-state index < -0.39 is 33.6 Å². The zero-order chi connectivity index (χ0) is 26.9. The van der Waals surface area contributed by atoms with Crippen LogP contribution in [0.4, 0.5) is 0 Å². The SMILES string of the molecule is COC(=O)CCC[C@@H]1[C@H]2SC[C@H](NC(=O)c3ccccc3)[C@]2(O)[C@@]2(NC(=O)c3ccccc3)CS[C@H]1C2=O. The van der Waals surface area contributed by atoms with Crippen LogP contribution in [0.15, 0.2) is 60.7 Å². The molecule has 10 heteroatoms. The number of esters is 1. The van der Waals surface area contributed by atoms with Crippen molar-refractivity contribution >= 4 is 47.1 Å².